The van der Waals surface area contributed by atoms with E-state index in [2.05, 4.69) is 5.32 Å². The zero-order chi connectivity index (χ0) is 18.6. The monoisotopic (exact) mass is 459 g/mol. The molecule has 0 aliphatic carbocycles. The van der Waals surface area contributed by atoms with Crippen molar-refractivity contribution in [2.75, 3.05) is 19.5 Å². The van der Waals surface area contributed by atoms with Crippen LogP contribution in [0.25, 0.3) is 0 Å². The van der Waals surface area contributed by atoms with Crippen molar-refractivity contribution >= 4 is 34.2 Å². The smallest absolute Gasteiger partial charge is 0.256 e. The van der Waals surface area contributed by atoms with E-state index in [1.807, 2.05) is 36.4 Å². The molecule has 2 aromatic carbocycles. The van der Waals surface area contributed by atoms with Crippen LogP contribution in [0.15, 0.2) is 30.3 Å². The fraction of sp³-hybridized carbons (Fsp3) is 0.278. The Kier molecular flexibility index (Phi) is 6.46. The van der Waals surface area contributed by atoms with Gasteiger partial charge in [0.05, 0.1) is 31.6 Å². The number of ether oxygens (including phenoxy) is 3. The summed E-state index contributed by atoms with van der Waals surface area (Å²) in [5.41, 5.74) is 0.655. The van der Waals surface area contributed by atoms with Gasteiger partial charge in [0, 0.05) is 9.64 Å². The topological polar surface area (TPSA) is 56.8 Å². The highest BCUT2D eigenvalue weighted by Crippen LogP contribution is 2.33. The standard InChI is InChI=1S/C18H19FINO4/c1-10(2)25-15-6-5-11(19)7-14(15)21-18(22)12-8-16(23-3)17(24-4)9-13(12)20/h5-10H,1-4H3,(H,21,22). The van der Waals surface area contributed by atoms with E-state index in [9.17, 15) is 9.18 Å². The van der Waals surface area contributed by atoms with Crippen molar-refractivity contribution in [3.05, 3.63) is 45.3 Å². The fourth-order valence-electron chi connectivity index (χ4n) is 2.17. The Morgan fingerprint density at radius 1 is 1.08 bits per heavy atom. The molecule has 0 atom stereocenters. The molecule has 1 amide bonds. The summed E-state index contributed by atoms with van der Waals surface area (Å²) in [6, 6.07) is 7.28. The lowest BCUT2D eigenvalue weighted by atomic mass is 10.1. The Morgan fingerprint density at radius 3 is 2.32 bits per heavy atom. The molecule has 5 nitrogen and oxygen atoms in total. The number of benzene rings is 2. The first kappa shape index (κ1) is 19.3. The number of amides is 1. The third-order valence-corrected chi connectivity index (χ3v) is 4.16. The predicted molar refractivity (Wildman–Crippen MR) is 102 cm³/mol. The van der Waals surface area contributed by atoms with Crippen molar-refractivity contribution < 1.29 is 23.4 Å². The number of methoxy groups -OCH3 is 2. The van der Waals surface area contributed by atoms with Crippen LogP contribution >= 0.6 is 22.6 Å². The maximum atomic E-state index is 13.6. The molecule has 25 heavy (non-hydrogen) atoms. The minimum Gasteiger partial charge on any atom is -0.493 e. The molecule has 0 aromatic heterocycles. The van der Waals surface area contributed by atoms with E-state index in [4.69, 9.17) is 14.2 Å². The summed E-state index contributed by atoms with van der Waals surface area (Å²) in [4.78, 5) is 12.7. The Bertz CT molecular complexity index is 780. The van der Waals surface area contributed by atoms with Crippen molar-refractivity contribution in [2.45, 2.75) is 20.0 Å². The van der Waals surface area contributed by atoms with Crippen LogP contribution in [-0.4, -0.2) is 26.2 Å². The molecule has 0 radical (unpaired) electrons. The highest BCUT2D eigenvalue weighted by atomic mass is 127. The summed E-state index contributed by atoms with van der Waals surface area (Å²) < 4.78 is 30.3. The summed E-state index contributed by atoms with van der Waals surface area (Å²) in [5.74, 6) is 0.502. The number of hydrogen-bond acceptors (Lipinski definition) is 4. The first-order valence-corrected chi connectivity index (χ1v) is 8.62. The summed E-state index contributed by atoms with van der Waals surface area (Å²) >= 11 is 2.03. The second-order valence-corrected chi connectivity index (χ2v) is 6.61. The van der Waals surface area contributed by atoms with Gasteiger partial charge in [-0.25, -0.2) is 4.39 Å². The maximum absolute atomic E-state index is 13.6. The van der Waals surface area contributed by atoms with Crippen molar-refractivity contribution in [1.29, 1.82) is 0 Å². The van der Waals surface area contributed by atoms with Gasteiger partial charge in [-0.05, 0) is 60.7 Å². The Balaban J connectivity index is 2.36. The number of nitrogens with one attached hydrogen (secondary N) is 1. The van der Waals surface area contributed by atoms with Crippen LogP contribution in [0.3, 0.4) is 0 Å². The first-order chi connectivity index (χ1) is 11.8. The van der Waals surface area contributed by atoms with Gasteiger partial charge in [-0.15, -0.1) is 0 Å². The molecular weight excluding hydrogens is 440 g/mol. The minimum atomic E-state index is -0.464. The number of hydrogen-bond donors (Lipinski definition) is 1. The lowest BCUT2D eigenvalue weighted by Gasteiger charge is -2.16. The van der Waals surface area contributed by atoms with Gasteiger partial charge >= 0.3 is 0 Å². The van der Waals surface area contributed by atoms with Gasteiger partial charge in [0.25, 0.3) is 5.91 Å². The molecule has 0 heterocycles. The fourth-order valence-corrected chi connectivity index (χ4v) is 2.86. The zero-order valence-electron chi connectivity index (χ0n) is 14.4. The third-order valence-electron chi connectivity index (χ3n) is 3.27. The number of carbonyl (C=O) groups is 1. The molecule has 0 saturated carbocycles. The second kappa shape index (κ2) is 8.37. The Labute approximate surface area is 159 Å². The van der Waals surface area contributed by atoms with Gasteiger partial charge in [-0.2, -0.15) is 0 Å². The van der Waals surface area contributed by atoms with E-state index < -0.39 is 11.7 Å². The molecule has 2 rings (SSSR count). The van der Waals surface area contributed by atoms with E-state index in [0.29, 0.717) is 26.4 Å². The number of carbonyl (C=O) groups excluding carboxylic acids is 1. The van der Waals surface area contributed by atoms with Crippen LogP contribution in [0.2, 0.25) is 0 Å². The van der Waals surface area contributed by atoms with E-state index in [1.165, 1.54) is 32.4 Å². The van der Waals surface area contributed by atoms with Crippen LogP contribution in [0.5, 0.6) is 17.2 Å². The molecule has 0 saturated heterocycles. The zero-order valence-corrected chi connectivity index (χ0v) is 16.5. The average molecular weight is 459 g/mol. The normalized spacial score (nSPS) is 10.5. The quantitative estimate of drug-likeness (QED) is 0.648. The number of anilines is 1. The van der Waals surface area contributed by atoms with E-state index in [1.54, 1.807) is 12.1 Å². The maximum Gasteiger partial charge on any atom is 0.256 e. The van der Waals surface area contributed by atoms with Crippen LogP contribution in [-0.2, 0) is 0 Å². The molecular formula is C18H19FINO4. The van der Waals surface area contributed by atoms with Gasteiger partial charge in [0.2, 0.25) is 0 Å². The molecule has 2 aromatic rings. The summed E-state index contributed by atoms with van der Waals surface area (Å²) in [6.45, 7) is 3.71. The number of halogens is 2. The van der Waals surface area contributed by atoms with Crippen molar-refractivity contribution in [2.24, 2.45) is 0 Å². The average Bonchev–Trinajstić information content (AvgIpc) is 2.56. The van der Waals surface area contributed by atoms with Crippen LogP contribution in [0.1, 0.15) is 24.2 Å². The number of rotatable bonds is 6. The third kappa shape index (κ3) is 4.75. The van der Waals surface area contributed by atoms with E-state index >= 15 is 0 Å². The van der Waals surface area contributed by atoms with Gasteiger partial charge in [-0.3, -0.25) is 4.79 Å². The summed E-state index contributed by atoms with van der Waals surface area (Å²) in [6.07, 6.45) is -0.109. The highest BCUT2D eigenvalue weighted by Gasteiger charge is 2.18. The molecule has 7 heteroatoms. The molecule has 0 aliphatic heterocycles. The molecule has 134 valence electrons. The van der Waals surface area contributed by atoms with Gasteiger partial charge < -0.3 is 19.5 Å². The van der Waals surface area contributed by atoms with Crippen molar-refractivity contribution in [3.8, 4) is 17.2 Å². The first-order valence-electron chi connectivity index (χ1n) is 7.54. The van der Waals surface area contributed by atoms with E-state index in [0.717, 1.165) is 0 Å². The Hall–Kier alpha value is -2.03. The van der Waals surface area contributed by atoms with Crippen molar-refractivity contribution in [1.82, 2.24) is 0 Å². The minimum absolute atomic E-state index is 0.109. The lowest BCUT2D eigenvalue weighted by molar-refractivity contribution is 0.102. The van der Waals surface area contributed by atoms with Crippen LogP contribution < -0.4 is 19.5 Å². The largest absolute Gasteiger partial charge is 0.493 e. The molecule has 0 bridgehead atoms. The highest BCUT2D eigenvalue weighted by molar-refractivity contribution is 14.1. The molecule has 0 fully saturated rings. The van der Waals surface area contributed by atoms with Crippen LogP contribution in [0.4, 0.5) is 10.1 Å². The van der Waals surface area contributed by atoms with Gasteiger partial charge in [-0.1, -0.05) is 0 Å². The van der Waals surface area contributed by atoms with Crippen LogP contribution in [0, 0.1) is 9.39 Å². The molecule has 0 aliphatic rings. The SMILES string of the molecule is COc1cc(I)c(C(=O)Nc2cc(F)ccc2OC(C)C)cc1OC. The Morgan fingerprint density at radius 2 is 1.72 bits per heavy atom. The summed E-state index contributed by atoms with van der Waals surface area (Å²) in [5, 5.41) is 2.70. The van der Waals surface area contributed by atoms with Gasteiger partial charge in [0.1, 0.15) is 11.6 Å². The molecule has 0 unspecified atom stereocenters. The molecule has 0 spiro atoms. The van der Waals surface area contributed by atoms with E-state index in [-0.39, 0.29) is 11.8 Å². The second-order valence-electron chi connectivity index (χ2n) is 5.45. The molecule has 1 N–H and O–H groups in total. The lowest BCUT2D eigenvalue weighted by Crippen LogP contribution is -2.16. The predicted octanol–water partition coefficient (Wildman–Crippen LogP) is 4.49. The van der Waals surface area contributed by atoms with Crippen molar-refractivity contribution in [3.63, 3.8) is 0 Å². The van der Waals surface area contributed by atoms with Gasteiger partial charge in [0.15, 0.2) is 11.5 Å². The summed E-state index contributed by atoms with van der Waals surface area (Å²) in [7, 11) is 3.02.